The Morgan fingerprint density at radius 2 is 1.68 bits per heavy atom. The summed E-state index contributed by atoms with van der Waals surface area (Å²) in [5.41, 5.74) is 7.09. The number of hydrogen-bond donors (Lipinski definition) is 1. The summed E-state index contributed by atoms with van der Waals surface area (Å²) >= 11 is 0. The molecule has 1 N–H and O–H groups in total. The van der Waals surface area contributed by atoms with Gasteiger partial charge in [0.25, 0.3) is 11.8 Å². The molecule has 5 rings (SSSR count). The zero-order chi connectivity index (χ0) is 27.0. The van der Waals surface area contributed by atoms with E-state index < -0.39 is 11.7 Å². The molecule has 7 heteroatoms. The number of benzene rings is 3. The Bertz CT molecular complexity index is 1540. The van der Waals surface area contributed by atoms with Crippen LogP contribution in [0.25, 0.3) is 0 Å². The van der Waals surface area contributed by atoms with Crippen LogP contribution in [0.3, 0.4) is 0 Å². The third-order valence-electron chi connectivity index (χ3n) is 6.97. The molecule has 0 saturated carbocycles. The summed E-state index contributed by atoms with van der Waals surface area (Å²) in [4.78, 5) is 30.7. The van der Waals surface area contributed by atoms with Crippen molar-refractivity contribution in [1.82, 2.24) is 9.47 Å². The Morgan fingerprint density at radius 3 is 2.45 bits per heavy atom. The van der Waals surface area contributed by atoms with Gasteiger partial charge in [0.05, 0.1) is 6.54 Å². The minimum Gasteiger partial charge on any atom is -0.341 e. The third kappa shape index (κ3) is 4.97. The first kappa shape index (κ1) is 25.4. The number of fused-ring (bicyclic) bond motifs is 2. The van der Waals surface area contributed by atoms with Crippen LogP contribution >= 0.6 is 0 Å². The second kappa shape index (κ2) is 10.3. The van der Waals surface area contributed by atoms with Gasteiger partial charge < -0.3 is 19.7 Å². The zero-order valence-corrected chi connectivity index (χ0v) is 22.1. The number of nitrogens with zero attached hydrogens (tertiary/aromatic N) is 3. The number of amides is 2. The molecule has 1 aromatic heterocycles. The minimum atomic E-state index is -0.462. The standard InChI is InChI=1S/C31H31FN4O2/c1-20-9-10-23(32)16-28(20)30(37)33-24-11-14-27(21(2)15-24)31(38)36-19-26-13-12-25(18-34(3)4)35(26)17-22-7-5-6-8-29(22)36/h5-16H,17-19H2,1-4H3,(H,33,37). The van der Waals surface area contributed by atoms with E-state index in [0.717, 1.165) is 29.1 Å². The quantitative estimate of drug-likeness (QED) is 0.371. The summed E-state index contributed by atoms with van der Waals surface area (Å²) in [6.07, 6.45) is 0. The first-order valence-electron chi connectivity index (χ1n) is 12.6. The highest BCUT2D eigenvalue weighted by molar-refractivity contribution is 6.09. The number of halogens is 1. The van der Waals surface area contributed by atoms with Gasteiger partial charge in [0.15, 0.2) is 0 Å². The average molecular weight is 511 g/mol. The van der Waals surface area contributed by atoms with Crippen molar-refractivity contribution in [3.8, 4) is 0 Å². The van der Waals surface area contributed by atoms with E-state index in [1.54, 1.807) is 31.2 Å². The average Bonchev–Trinajstić information content (AvgIpc) is 3.14. The van der Waals surface area contributed by atoms with Crippen LogP contribution in [-0.2, 0) is 19.6 Å². The monoisotopic (exact) mass is 510 g/mol. The SMILES string of the molecule is Cc1ccc(F)cc1C(=O)Nc1ccc(C(=O)N2Cc3ccc(CN(C)C)n3Cc3ccccc32)c(C)c1. The lowest BCUT2D eigenvalue weighted by Gasteiger charge is -2.24. The molecule has 38 heavy (non-hydrogen) atoms. The van der Waals surface area contributed by atoms with Crippen LogP contribution in [0.5, 0.6) is 0 Å². The summed E-state index contributed by atoms with van der Waals surface area (Å²) in [6.45, 7) is 5.60. The van der Waals surface area contributed by atoms with Gasteiger partial charge in [0.2, 0.25) is 0 Å². The first-order chi connectivity index (χ1) is 18.2. The molecule has 0 saturated heterocycles. The molecule has 0 unspecified atom stereocenters. The number of nitrogens with one attached hydrogen (secondary N) is 1. The summed E-state index contributed by atoms with van der Waals surface area (Å²) in [5, 5.41) is 2.83. The summed E-state index contributed by atoms with van der Waals surface area (Å²) in [7, 11) is 4.10. The molecule has 1 aliphatic heterocycles. The molecule has 0 aliphatic carbocycles. The molecule has 1 aliphatic rings. The normalized spacial score (nSPS) is 12.6. The van der Waals surface area contributed by atoms with Crippen LogP contribution in [0.2, 0.25) is 0 Å². The van der Waals surface area contributed by atoms with E-state index in [1.807, 2.05) is 30.0 Å². The second-order valence-corrected chi connectivity index (χ2v) is 10.1. The van der Waals surface area contributed by atoms with Crippen molar-refractivity contribution in [2.45, 2.75) is 33.5 Å². The number of rotatable bonds is 5. The molecule has 0 bridgehead atoms. The summed E-state index contributed by atoms with van der Waals surface area (Å²) in [6, 6.07) is 21.6. The number of aryl methyl sites for hydroxylation is 2. The fraction of sp³-hybridized carbons (Fsp3) is 0.226. The maximum absolute atomic E-state index is 13.9. The molecule has 2 amide bonds. The van der Waals surface area contributed by atoms with Crippen LogP contribution in [-0.4, -0.2) is 35.4 Å². The highest BCUT2D eigenvalue weighted by Crippen LogP contribution is 2.31. The number of para-hydroxylation sites is 1. The molecule has 6 nitrogen and oxygen atoms in total. The van der Waals surface area contributed by atoms with Crippen molar-refractivity contribution in [3.63, 3.8) is 0 Å². The second-order valence-electron chi connectivity index (χ2n) is 10.1. The fourth-order valence-electron chi connectivity index (χ4n) is 5.03. The van der Waals surface area contributed by atoms with Crippen molar-refractivity contribution in [2.75, 3.05) is 24.3 Å². The van der Waals surface area contributed by atoms with Crippen LogP contribution in [0.1, 0.15) is 48.8 Å². The zero-order valence-electron chi connectivity index (χ0n) is 22.1. The Morgan fingerprint density at radius 1 is 0.895 bits per heavy atom. The molecule has 0 fully saturated rings. The Balaban J connectivity index is 1.43. The van der Waals surface area contributed by atoms with Gasteiger partial charge in [-0.2, -0.15) is 0 Å². The molecule has 3 aromatic carbocycles. The highest BCUT2D eigenvalue weighted by atomic mass is 19.1. The number of hydrogen-bond acceptors (Lipinski definition) is 3. The largest absolute Gasteiger partial charge is 0.341 e. The smallest absolute Gasteiger partial charge is 0.258 e. The lowest BCUT2D eigenvalue weighted by Crippen LogP contribution is -2.31. The number of anilines is 2. The summed E-state index contributed by atoms with van der Waals surface area (Å²) < 4.78 is 16.0. The van der Waals surface area contributed by atoms with Gasteiger partial charge in [-0.3, -0.25) is 9.59 Å². The number of aromatic nitrogens is 1. The molecular formula is C31H31FN4O2. The Labute approximate surface area is 222 Å². The molecule has 0 radical (unpaired) electrons. The maximum Gasteiger partial charge on any atom is 0.258 e. The van der Waals surface area contributed by atoms with Crippen molar-refractivity contribution in [2.24, 2.45) is 0 Å². The number of carbonyl (C=O) groups excluding carboxylic acids is 2. The maximum atomic E-state index is 13.9. The third-order valence-corrected chi connectivity index (χ3v) is 6.97. The van der Waals surface area contributed by atoms with Crippen molar-refractivity contribution in [3.05, 3.63) is 118 Å². The van der Waals surface area contributed by atoms with E-state index in [2.05, 4.69) is 47.1 Å². The van der Waals surface area contributed by atoms with Crippen LogP contribution in [0, 0.1) is 19.7 Å². The Kier molecular flexibility index (Phi) is 6.87. The van der Waals surface area contributed by atoms with E-state index in [9.17, 15) is 14.0 Å². The lowest BCUT2D eigenvalue weighted by atomic mass is 10.0. The molecular weight excluding hydrogens is 479 g/mol. The van der Waals surface area contributed by atoms with Gasteiger partial charge >= 0.3 is 0 Å². The molecule has 2 heterocycles. The fourth-order valence-corrected chi connectivity index (χ4v) is 5.03. The van der Waals surface area contributed by atoms with Crippen molar-refractivity contribution in [1.29, 1.82) is 0 Å². The van der Waals surface area contributed by atoms with E-state index >= 15 is 0 Å². The van der Waals surface area contributed by atoms with E-state index in [1.165, 1.54) is 17.8 Å². The van der Waals surface area contributed by atoms with E-state index in [0.29, 0.717) is 29.9 Å². The highest BCUT2D eigenvalue weighted by Gasteiger charge is 2.27. The van der Waals surface area contributed by atoms with E-state index in [-0.39, 0.29) is 11.5 Å². The van der Waals surface area contributed by atoms with Crippen molar-refractivity contribution < 1.29 is 14.0 Å². The van der Waals surface area contributed by atoms with Gasteiger partial charge in [-0.05, 0) is 93.2 Å². The van der Waals surface area contributed by atoms with Gasteiger partial charge in [-0.15, -0.1) is 0 Å². The molecule has 0 atom stereocenters. The molecule has 0 spiro atoms. The van der Waals surface area contributed by atoms with Gasteiger partial charge in [-0.1, -0.05) is 24.3 Å². The number of carbonyl (C=O) groups is 2. The first-order valence-corrected chi connectivity index (χ1v) is 12.6. The van der Waals surface area contributed by atoms with Gasteiger partial charge in [-0.25, -0.2) is 4.39 Å². The van der Waals surface area contributed by atoms with E-state index in [4.69, 9.17) is 0 Å². The van der Waals surface area contributed by atoms with Gasteiger partial charge in [0, 0.05) is 47.0 Å². The minimum absolute atomic E-state index is 0.0994. The lowest BCUT2D eigenvalue weighted by molar-refractivity contribution is 0.0983. The van der Waals surface area contributed by atoms with Crippen LogP contribution in [0.4, 0.5) is 15.8 Å². The predicted molar refractivity (Wildman–Crippen MR) is 148 cm³/mol. The van der Waals surface area contributed by atoms with Crippen LogP contribution < -0.4 is 10.2 Å². The summed E-state index contributed by atoms with van der Waals surface area (Å²) in [5.74, 6) is -0.954. The predicted octanol–water partition coefficient (Wildman–Crippen LogP) is 5.77. The topological polar surface area (TPSA) is 57.6 Å². The van der Waals surface area contributed by atoms with Crippen LogP contribution in [0.15, 0.2) is 72.8 Å². The molecule has 194 valence electrons. The van der Waals surface area contributed by atoms with Gasteiger partial charge in [0.1, 0.15) is 5.82 Å². The molecule has 4 aromatic rings. The Hall–Kier alpha value is -4.23. The van der Waals surface area contributed by atoms with Crippen molar-refractivity contribution >= 4 is 23.2 Å².